The number of carboxylic acid groups (broad SMARTS) is 1. The molecule has 7 heteroatoms. The summed E-state index contributed by atoms with van der Waals surface area (Å²) in [7, 11) is -3.66. The van der Waals surface area contributed by atoms with Gasteiger partial charge in [0.15, 0.2) is 5.60 Å². The molecule has 0 fully saturated rings. The number of halogens is 1. The Labute approximate surface area is 139 Å². The minimum Gasteiger partial charge on any atom is -0.478 e. The van der Waals surface area contributed by atoms with E-state index in [1.54, 1.807) is 0 Å². The third-order valence-electron chi connectivity index (χ3n) is 3.15. The van der Waals surface area contributed by atoms with Crippen LogP contribution < -0.4 is 4.74 Å². The van der Waals surface area contributed by atoms with Gasteiger partial charge in [0.25, 0.3) is 0 Å². The van der Waals surface area contributed by atoms with Crippen LogP contribution in [-0.4, -0.2) is 25.1 Å². The van der Waals surface area contributed by atoms with E-state index in [2.05, 4.69) is 0 Å². The first kappa shape index (κ1) is 17.3. The summed E-state index contributed by atoms with van der Waals surface area (Å²) in [6, 6.07) is 11.4. The van der Waals surface area contributed by atoms with E-state index in [1.165, 1.54) is 62.4 Å². The van der Waals surface area contributed by atoms with Crippen LogP contribution >= 0.6 is 11.6 Å². The number of aliphatic carboxylic acids is 1. The normalized spacial score (nSPS) is 12.0. The molecule has 23 heavy (non-hydrogen) atoms. The van der Waals surface area contributed by atoms with Gasteiger partial charge in [-0.1, -0.05) is 11.6 Å². The number of hydrogen-bond acceptors (Lipinski definition) is 4. The fraction of sp³-hybridized carbons (Fsp3) is 0.188. The van der Waals surface area contributed by atoms with Gasteiger partial charge in [-0.3, -0.25) is 0 Å². The maximum atomic E-state index is 12.5. The van der Waals surface area contributed by atoms with Gasteiger partial charge in [0.2, 0.25) is 9.84 Å². The van der Waals surface area contributed by atoms with Crippen LogP contribution in [0.25, 0.3) is 0 Å². The number of ether oxygens (including phenoxy) is 1. The van der Waals surface area contributed by atoms with E-state index in [9.17, 15) is 13.2 Å². The van der Waals surface area contributed by atoms with Gasteiger partial charge < -0.3 is 9.84 Å². The molecular weight excluding hydrogens is 340 g/mol. The number of sulfone groups is 1. The molecule has 2 aromatic carbocycles. The largest absolute Gasteiger partial charge is 0.478 e. The highest BCUT2D eigenvalue weighted by Crippen LogP contribution is 2.25. The molecule has 0 aromatic heterocycles. The molecule has 0 saturated heterocycles. The first-order valence-corrected chi connectivity index (χ1v) is 8.52. The first-order valence-electron chi connectivity index (χ1n) is 6.66. The molecule has 2 rings (SSSR count). The average molecular weight is 355 g/mol. The molecule has 0 heterocycles. The first-order chi connectivity index (χ1) is 10.6. The summed E-state index contributed by atoms with van der Waals surface area (Å²) in [5.74, 6) is -0.845. The maximum absolute atomic E-state index is 12.5. The summed E-state index contributed by atoms with van der Waals surface area (Å²) in [6.45, 7) is 2.82. The SMILES string of the molecule is CC(C)(Oc1ccc(S(=O)(=O)c2ccc(Cl)cc2)cc1)C(=O)O. The lowest BCUT2D eigenvalue weighted by Gasteiger charge is -2.21. The third kappa shape index (κ3) is 3.83. The monoisotopic (exact) mass is 354 g/mol. The molecule has 0 unspecified atom stereocenters. The lowest BCUT2D eigenvalue weighted by Crippen LogP contribution is -2.37. The highest BCUT2D eigenvalue weighted by Gasteiger charge is 2.29. The second-order valence-electron chi connectivity index (χ2n) is 5.35. The average Bonchev–Trinajstić information content (AvgIpc) is 2.47. The highest BCUT2D eigenvalue weighted by atomic mass is 35.5. The van der Waals surface area contributed by atoms with Crippen LogP contribution in [0, 0.1) is 0 Å². The zero-order valence-corrected chi connectivity index (χ0v) is 14.1. The van der Waals surface area contributed by atoms with E-state index < -0.39 is 21.4 Å². The number of benzene rings is 2. The lowest BCUT2D eigenvalue weighted by atomic mass is 10.1. The molecule has 122 valence electrons. The molecule has 0 aliphatic rings. The molecule has 0 spiro atoms. The van der Waals surface area contributed by atoms with Gasteiger partial charge in [-0.15, -0.1) is 0 Å². The van der Waals surface area contributed by atoms with Crippen molar-refractivity contribution in [1.29, 1.82) is 0 Å². The molecule has 0 radical (unpaired) electrons. The van der Waals surface area contributed by atoms with Gasteiger partial charge in [0.1, 0.15) is 5.75 Å². The molecule has 0 aliphatic heterocycles. The number of carboxylic acids is 1. The van der Waals surface area contributed by atoms with Crippen LogP contribution in [0.2, 0.25) is 5.02 Å². The molecule has 0 saturated carbocycles. The van der Waals surface area contributed by atoms with E-state index in [0.717, 1.165) is 0 Å². The van der Waals surface area contributed by atoms with Gasteiger partial charge >= 0.3 is 5.97 Å². The van der Waals surface area contributed by atoms with Crippen LogP contribution in [-0.2, 0) is 14.6 Å². The summed E-state index contributed by atoms with van der Waals surface area (Å²) >= 11 is 5.76. The van der Waals surface area contributed by atoms with E-state index in [0.29, 0.717) is 5.02 Å². The predicted octanol–water partition coefficient (Wildman–Crippen LogP) is 3.41. The second-order valence-corrected chi connectivity index (χ2v) is 7.73. The summed E-state index contributed by atoms with van der Waals surface area (Å²) in [6.07, 6.45) is 0. The number of hydrogen-bond donors (Lipinski definition) is 1. The van der Waals surface area contributed by atoms with Gasteiger partial charge in [0.05, 0.1) is 9.79 Å². The van der Waals surface area contributed by atoms with Gasteiger partial charge in [0, 0.05) is 5.02 Å². The molecule has 0 amide bonds. The Morgan fingerprint density at radius 3 is 1.87 bits per heavy atom. The molecule has 5 nitrogen and oxygen atoms in total. The Kier molecular flexibility index (Phi) is 4.68. The Bertz CT molecular complexity index is 809. The van der Waals surface area contributed by atoms with Crippen molar-refractivity contribution in [2.24, 2.45) is 0 Å². The predicted molar refractivity (Wildman–Crippen MR) is 85.7 cm³/mol. The van der Waals surface area contributed by atoms with Crippen molar-refractivity contribution in [2.45, 2.75) is 29.2 Å². The Morgan fingerprint density at radius 1 is 1.00 bits per heavy atom. The van der Waals surface area contributed by atoms with E-state index in [-0.39, 0.29) is 15.5 Å². The topological polar surface area (TPSA) is 80.7 Å². The zero-order valence-electron chi connectivity index (χ0n) is 12.5. The van der Waals surface area contributed by atoms with Crippen LogP contribution in [0.5, 0.6) is 5.75 Å². The van der Waals surface area contributed by atoms with Crippen LogP contribution in [0.4, 0.5) is 0 Å². The molecule has 1 N–H and O–H groups in total. The number of carbonyl (C=O) groups is 1. The Morgan fingerprint density at radius 2 is 1.43 bits per heavy atom. The highest BCUT2D eigenvalue weighted by molar-refractivity contribution is 7.91. The molecule has 0 atom stereocenters. The summed E-state index contributed by atoms with van der Waals surface area (Å²) in [5.41, 5.74) is -1.41. The van der Waals surface area contributed by atoms with Crippen LogP contribution in [0.15, 0.2) is 58.3 Å². The quantitative estimate of drug-likeness (QED) is 0.889. The fourth-order valence-corrected chi connectivity index (χ4v) is 3.16. The smallest absolute Gasteiger partial charge is 0.347 e. The number of rotatable bonds is 5. The summed E-state index contributed by atoms with van der Waals surface area (Å²) < 4.78 is 30.3. The summed E-state index contributed by atoms with van der Waals surface area (Å²) in [5, 5.41) is 9.47. The van der Waals surface area contributed by atoms with Gasteiger partial charge in [-0.05, 0) is 62.4 Å². The molecule has 2 aromatic rings. The van der Waals surface area contributed by atoms with Crippen LogP contribution in [0.3, 0.4) is 0 Å². The van der Waals surface area contributed by atoms with Gasteiger partial charge in [-0.25, -0.2) is 13.2 Å². The third-order valence-corrected chi connectivity index (χ3v) is 5.18. The second kappa shape index (κ2) is 6.22. The van der Waals surface area contributed by atoms with Crippen molar-refractivity contribution >= 4 is 27.4 Å². The molecule has 0 bridgehead atoms. The summed E-state index contributed by atoms with van der Waals surface area (Å²) in [4.78, 5) is 11.2. The van der Waals surface area contributed by atoms with Crippen LogP contribution in [0.1, 0.15) is 13.8 Å². The van der Waals surface area contributed by atoms with Crippen molar-refractivity contribution in [3.05, 3.63) is 53.6 Å². The fourth-order valence-electron chi connectivity index (χ4n) is 1.77. The van der Waals surface area contributed by atoms with E-state index in [1.807, 2.05) is 0 Å². The van der Waals surface area contributed by atoms with Gasteiger partial charge in [-0.2, -0.15) is 0 Å². The Balaban J connectivity index is 2.29. The Hall–Kier alpha value is -2.05. The minimum atomic E-state index is -3.66. The zero-order chi connectivity index (χ0) is 17.3. The van der Waals surface area contributed by atoms with Crippen molar-refractivity contribution in [3.63, 3.8) is 0 Å². The van der Waals surface area contributed by atoms with Crippen molar-refractivity contribution in [3.8, 4) is 5.75 Å². The van der Waals surface area contributed by atoms with E-state index >= 15 is 0 Å². The van der Waals surface area contributed by atoms with Crippen molar-refractivity contribution in [1.82, 2.24) is 0 Å². The molecular formula is C16H15ClO5S. The van der Waals surface area contributed by atoms with Crippen molar-refractivity contribution < 1.29 is 23.1 Å². The van der Waals surface area contributed by atoms with E-state index in [4.69, 9.17) is 21.4 Å². The standard InChI is InChI=1S/C16H15ClO5S/c1-16(2,15(18)19)22-12-5-9-14(10-6-12)23(20,21)13-7-3-11(17)4-8-13/h3-10H,1-2H3,(H,18,19). The maximum Gasteiger partial charge on any atom is 0.347 e. The minimum absolute atomic E-state index is 0.0836. The molecule has 0 aliphatic carbocycles. The lowest BCUT2D eigenvalue weighted by molar-refractivity contribution is -0.152. The van der Waals surface area contributed by atoms with Crippen molar-refractivity contribution in [2.75, 3.05) is 0 Å².